The molecule has 2 aliphatic rings. The molecule has 0 aromatic rings. The monoisotopic (exact) mass is 480 g/mol. The zero-order valence-corrected chi connectivity index (χ0v) is 20.8. The van der Waals surface area contributed by atoms with Crippen LogP contribution < -0.4 is 26.9 Å². The molecule has 11 nitrogen and oxygen atoms in total. The second kappa shape index (κ2) is 14.4. The maximum Gasteiger partial charge on any atom is 0.431 e. The van der Waals surface area contributed by atoms with E-state index in [0.29, 0.717) is 24.9 Å². The Hall–Kier alpha value is -1.98. The minimum atomic E-state index is -0.895. The van der Waals surface area contributed by atoms with Gasteiger partial charge in [0.2, 0.25) is 0 Å². The molecule has 2 aliphatic carbocycles. The van der Waals surface area contributed by atoms with Crippen molar-refractivity contribution in [2.75, 3.05) is 6.61 Å². The van der Waals surface area contributed by atoms with Crippen molar-refractivity contribution >= 4 is 32.1 Å². The molecular formula is C21H42B2N6O5. The lowest BCUT2D eigenvalue weighted by atomic mass is 9.82. The van der Waals surface area contributed by atoms with Crippen molar-refractivity contribution in [3.05, 3.63) is 0 Å². The second-order valence-electron chi connectivity index (χ2n) is 9.56. The quantitative estimate of drug-likeness (QED) is 0.106. The van der Waals surface area contributed by atoms with E-state index >= 15 is 0 Å². The molecule has 0 saturated heterocycles. The summed E-state index contributed by atoms with van der Waals surface area (Å²) in [6.45, 7) is 5.24. The number of nitrogens with one attached hydrogen (secondary N) is 4. The van der Waals surface area contributed by atoms with E-state index in [4.69, 9.17) is 10.5 Å². The number of hydrogen-bond donors (Lipinski definition) is 7. The highest BCUT2D eigenvalue weighted by Crippen LogP contribution is 2.28. The number of ether oxygens (including phenoxy) is 1. The minimum Gasteiger partial charge on any atom is -0.465 e. The number of carbonyl (C=O) groups excluding carboxylic acids is 2. The normalized spacial score (nSPS) is 26.1. The number of guanidine groups is 1. The molecule has 0 radical (unpaired) electrons. The van der Waals surface area contributed by atoms with Crippen molar-refractivity contribution in [1.29, 1.82) is 0 Å². The molecular weight excluding hydrogens is 438 g/mol. The Morgan fingerprint density at radius 2 is 1.65 bits per heavy atom. The number of urea groups is 1. The summed E-state index contributed by atoms with van der Waals surface area (Å²) in [5, 5.41) is 31.4. The molecule has 0 aliphatic heterocycles. The number of rotatable bonds is 9. The summed E-state index contributed by atoms with van der Waals surface area (Å²) in [5.74, 6) is 0.381. The van der Waals surface area contributed by atoms with Crippen LogP contribution in [0.4, 0.5) is 4.79 Å². The van der Waals surface area contributed by atoms with Gasteiger partial charge in [-0.1, -0.05) is 0 Å². The van der Waals surface area contributed by atoms with Gasteiger partial charge in [-0.2, -0.15) is 0 Å². The van der Waals surface area contributed by atoms with Gasteiger partial charge < -0.3 is 41.7 Å². The molecule has 8 N–H and O–H groups in total. The number of carbonyl (C=O) groups is 2. The van der Waals surface area contributed by atoms with Crippen molar-refractivity contribution in [2.24, 2.45) is 16.6 Å². The van der Waals surface area contributed by atoms with E-state index in [1.807, 2.05) is 0 Å². The van der Waals surface area contributed by atoms with Crippen molar-refractivity contribution in [3.8, 4) is 0 Å². The Morgan fingerprint density at radius 3 is 2.24 bits per heavy atom. The summed E-state index contributed by atoms with van der Waals surface area (Å²) in [5.41, 5.74) is 5.95. The lowest BCUT2D eigenvalue weighted by Gasteiger charge is -2.33. The fourth-order valence-electron chi connectivity index (χ4n) is 4.81. The topological polar surface area (TPSA) is 170 Å². The van der Waals surface area contributed by atoms with Gasteiger partial charge in [0.05, 0.1) is 6.61 Å². The van der Waals surface area contributed by atoms with E-state index in [9.17, 15) is 19.6 Å². The van der Waals surface area contributed by atoms with Crippen molar-refractivity contribution in [2.45, 2.75) is 103 Å². The van der Waals surface area contributed by atoms with Gasteiger partial charge in [0.15, 0.2) is 5.96 Å². The minimum absolute atomic E-state index is 0.0320. The third-order valence-corrected chi connectivity index (χ3v) is 6.37. The zero-order chi connectivity index (χ0) is 25.1. The number of nitrogens with zero attached hydrogens (tertiary/aromatic N) is 1. The Morgan fingerprint density at radius 1 is 1.03 bits per heavy atom. The fraction of sp³-hybridized carbons (Fsp3) is 0.857. The lowest BCUT2D eigenvalue weighted by Crippen LogP contribution is -2.53. The molecule has 2 fully saturated rings. The van der Waals surface area contributed by atoms with Crippen LogP contribution in [0.5, 0.6) is 0 Å². The Labute approximate surface area is 203 Å². The maximum absolute atomic E-state index is 12.6. The van der Waals surface area contributed by atoms with Gasteiger partial charge >= 0.3 is 26.1 Å². The number of esters is 1. The van der Waals surface area contributed by atoms with Crippen LogP contribution in [0.2, 0.25) is 13.6 Å². The summed E-state index contributed by atoms with van der Waals surface area (Å²) in [4.78, 5) is 28.4. The molecule has 192 valence electrons. The van der Waals surface area contributed by atoms with Gasteiger partial charge in [-0.05, 0) is 84.3 Å². The second-order valence-corrected chi connectivity index (χ2v) is 9.56. The Balaban J connectivity index is 1.73. The van der Waals surface area contributed by atoms with Crippen LogP contribution in [0, 0.1) is 5.92 Å². The Kier molecular flexibility index (Phi) is 12.0. The SMILES string of the molecule is CCOC(=O)C(N)CC1CCC(NC(=O)NC2CCCC(N/C(=N\B(C)O)NB(C)O)C2)CC1. The number of hydrogen-bond acceptors (Lipinski definition) is 7. The average molecular weight is 480 g/mol. The molecule has 0 bridgehead atoms. The van der Waals surface area contributed by atoms with Crippen LogP contribution in [0.25, 0.3) is 0 Å². The average Bonchev–Trinajstić information content (AvgIpc) is 2.74. The molecule has 2 rings (SSSR count). The summed E-state index contributed by atoms with van der Waals surface area (Å²) >= 11 is 0. The maximum atomic E-state index is 12.6. The molecule has 3 unspecified atom stereocenters. The van der Waals surface area contributed by atoms with Crippen LogP contribution in [0.1, 0.15) is 64.7 Å². The first-order chi connectivity index (χ1) is 16.2. The molecule has 2 saturated carbocycles. The van der Waals surface area contributed by atoms with Gasteiger partial charge in [-0.25, -0.2) is 4.79 Å². The van der Waals surface area contributed by atoms with E-state index in [2.05, 4.69) is 26.1 Å². The van der Waals surface area contributed by atoms with Crippen LogP contribution in [0.15, 0.2) is 4.90 Å². The van der Waals surface area contributed by atoms with Gasteiger partial charge in [0.25, 0.3) is 0 Å². The summed E-state index contributed by atoms with van der Waals surface area (Å²) in [6, 6.07) is -0.510. The van der Waals surface area contributed by atoms with E-state index in [1.165, 1.54) is 0 Å². The highest BCUT2D eigenvalue weighted by molar-refractivity contribution is 6.52. The first-order valence-corrected chi connectivity index (χ1v) is 12.6. The first kappa shape index (κ1) is 28.3. The molecule has 2 amide bonds. The van der Waals surface area contributed by atoms with E-state index in [-0.39, 0.29) is 30.1 Å². The fourth-order valence-corrected chi connectivity index (χ4v) is 4.81. The van der Waals surface area contributed by atoms with E-state index in [0.717, 1.165) is 51.4 Å². The molecule has 13 heteroatoms. The van der Waals surface area contributed by atoms with Gasteiger partial charge in [0, 0.05) is 18.1 Å². The highest BCUT2D eigenvalue weighted by atomic mass is 16.5. The Bertz CT molecular complexity index is 676. The van der Waals surface area contributed by atoms with E-state index < -0.39 is 20.1 Å². The predicted molar refractivity (Wildman–Crippen MR) is 134 cm³/mol. The standard InChI is InChI=1S/C21H42B2N6O5/c1-4-34-19(30)18(24)12-14-8-10-15(11-9-14)26-21(31)27-17-7-5-6-16(13-17)25-20(28-22(2)32)29-23(3)33/h14-18,32-33H,4-13,24H2,1-3H3,(H2,25,28,29)(H2,26,27,31). The molecule has 34 heavy (non-hydrogen) atoms. The van der Waals surface area contributed by atoms with Crippen LogP contribution in [-0.2, 0) is 9.53 Å². The first-order valence-electron chi connectivity index (χ1n) is 12.6. The third kappa shape index (κ3) is 10.5. The predicted octanol–water partition coefficient (Wildman–Crippen LogP) is 0.192. The lowest BCUT2D eigenvalue weighted by molar-refractivity contribution is -0.145. The smallest absolute Gasteiger partial charge is 0.431 e. The van der Waals surface area contributed by atoms with Gasteiger partial charge in [-0.3, -0.25) is 9.70 Å². The summed E-state index contributed by atoms with van der Waals surface area (Å²) in [7, 11) is -1.70. The summed E-state index contributed by atoms with van der Waals surface area (Å²) < 4.78 is 4.99. The highest BCUT2D eigenvalue weighted by Gasteiger charge is 2.28. The molecule has 0 spiro atoms. The number of amides is 2. The van der Waals surface area contributed by atoms with Gasteiger partial charge in [-0.15, -0.1) is 0 Å². The number of nitrogens with two attached hydrogens (primary N) is 1. The van der Waals surface area contributed by atoms with Crippen molar-refractivity contribution < 1.29 is 24.4 Å². The molecule has 0 heterocycles. The largest absolute Gasteiger partial charge is 0.465 e. The molecule has 0 aromatic heterocycles. The zero-order valence-electron chi connectivity index (χ0n) is 20.8. The molecule has 0 aromatic carbocycles. The van der Waals surface area contributed by atoms with Crippen molar-refractivity contribution in [3.63, 3.8) is 0 Å². The molecule has 3 atom stereocenters. The van der Waals surface area contributed by atoms with E-state index in [1.54, 1.807) is 20.6 Å². The van der Waals surface area contributed by atoms with Crippen LogP contribution in [-0.4, -0.2) is 72.9 Å². The van der Waals surface area contributed by atoms with Gasteiger partial charge in [0.1, 0.15) is 6.04 Å². The van der Waals surface area contributed by atoms with Crippen LogP contribution >= 0.6 is 0 Å². The van der Waals surface area contributed by atoms with Crippen LogP contribution in [0.3, 0.4) is 0 Å². The van der Waals surface area contributed by atoms with Crippen molar-refractivity contribution in [1.82, 2.24) is 21.2 Å². The summed E-state index contributed by atoms with van der Waals surface area (Å²) in [6.07, 6.45) is 7.70. The third-order valence-electron chi connectivity index (χ3n) is 6.37.